The lowest BCUT2D eigenvalue weighted by atomic mass is 10.1. The summed E-state index contributed by atoms with van der Waals surface area (Å²) in [6.07, 6.45) is -0.867. The Balaban J connectivity index is 2.82. The highest BCUT2D eigenvalue weighted by Gasteiger charge is 2.20. The maximum atomic E-state index is 11.4. The zero-order valence-corrected chi connectivity index (χ0v) is 13.5. The van der Waals surface area contributed by atoms with Gasteiger partial charge in [-0.3, -0.25) is 14.9 Å². The van der Waals surface area contributed by atoms with E-state index in [9.17, 15) is 13.2 Å². The molecule has 0 radical (unpaired) electrons. The van der Waals surface area contributed by atoms with Crippen molar-refractivity contribution in [3.63, 3.8) is 0 Å². The van der Waals surface area contributed by atoms with Crippen molar-refractivity contribution in [2.24, 2.45) is 0 Å². The number of benzene rings is 1. The number of carbonyl (C=O) groups excluding carboxylic acids is 1. The van der Waals surface area contributed by atoms with Gasteiger partial charge in [-0.15, -0.1) is 0 Å². The van der Waals surface area contributed by atoms with Crippen molar-refractivity contribution in [3.05, 3.63) is 34.9 Å². The number of rotatable bonds is 5. The molecular formula is C12H16ClN3O5S. The number of carbonyl (C=O) groups is 1. The third-order valence-electron chi connectivity index (χ3n) is 2.42. The number of amides is 1. The number of guanidine groups is 1. The number of hydrogen-bond donors (Lipinski definition) is 3. The number of methoxy groups -OCH3 is 1. The molecule has 0 bridgehead atoms. The highest BCUT2D eigenvalue weighted by molar-refractivity contribution is 7.86. The first-order valence-corrected chi connectivity index (χ1v) is 8.22. The number of ether oxygens (including phenoxy) is 1. The van der Waals surface area contributed by atoms with E-state index >= 15 is 0 Å². The van der Waals surface area contributed by atoms with Crippen molar-refractivity contribution in [3.8, 4) is 0 Å². The molecule has 3 N–H and O–H groups in total. The molecule has 22 heavy (non-hydrogen) atoms. The molecule has 1 atom stereocenters. The highest BCUT2D eigenvalue weighted by atomic mass is 35.5. The van der Waals surface area contributed by atoms with Crippen LogP contribution in [0.4, 0.5) is 4.79 Å². The highest BCUT2D eigenvalue weighted by Crippen LogP contribution is 2.26. The average molecular weight is 350 g/mol. The van der Waals surface area contributed by atoms with Gasteiger partial charge >= 0.3 is 6.09 Å². The quantitative estimate of drug-likeness (QED) is 0.418. The van der Waals surface area contributed by atoms with E-state index in [1.807, 2.05) is 0 Å². The van der Waals surface area contributed by atoms with E-state index < -0.39 is 22.3 Å². The standard InChI is InChI=1S/C12H16ClN3O5S/c1-20-12(17)16-11(14)15-7-10(21-22(2,18)19)8-5-3-4-6-9(8)13/h3-6,10H,7H2,1-2H3,(H3,14,15,16,17). The summed E-state index contributed by atoms with van der Waals surface area (Å²) in [5.41, 5.74) is 0.438. The number of alkyl carbamates (subject to hydrolysis) is 1. The van der Waals surface area contributed by atoms with Crippen molar-refractivity contribution < 1.29 is 22.1 Å². The lowest BCUT2D eigenvalue weighted by molar-refractivity contribution is 0.176. The number of hydrogen-bond acceptors (Lipinski definition) is 6. The van der Waals surface area contributed by atoms with Crippen LogP contribution in [0.25, 0.3) is 0 Å². The Labute approximate surface area is 133 Å². The van der Waals surface area contributed by atoms with Crippen molar-refractivity contribution >= 4 is 33.8 Å². The molecule has 0 heterocycles. The molecule has 1 amide bonds. The summed E-state index contributed by atoms with van der Waals surface area (Å²) in [6, 6.07) is 6.57. The maximum absolute atomic E-state index is 11.4. The third-order valence-corrected chi connectivity index (χ3v) is 3.35. The Bertz CT molecular complexity index is 650. The first kappa shape index (κ1) is 18.2. The smallest absolute Gasteiger partial charge is 0.413 e. The molecule has 8 nitrogen and oxygen atoms in total. The zero-order valence-electron chi connectivity index (χ0n) is 11.9. The topological polar surface area (TPSA) is 118 Å². The van der Waals surface area contributed by atoms with Crippen LogP contribution in [-0.4, -0.2) is 40.4 Å². The number of nitrogens with one attached hydrogen (secondary N) is 3. The molecule has 0 aliphatic carbocycles. The molecule has 0 saturated carbocycles. The molecule has 0 spiro atoms. The first-order valence-electron chi connectivity index (χ1n) is 6.03. The Hall–Kier alpha value is -1.84. The van der Waals surface area contributed by atoms with Gasteiger partial charge in [0, 0.05) is 17.1 Å². The average Bonchev–Trinajstić information content (AvgIpc) is 2.42. The molecule has 10 heteroatoms. The Morgan fingerprint density at radius 1 is 1.41 bits per heavy atom. The molecule has 0 fully saturated rings. The summed E-state index contributed by atoms with van der Waals surface area (Å²) in [5, 5.41) is 12.4. The molecule has 0 aliphatic rings. The zero-order chi connectivity index (χ0) is 16.8. The van der Waals surface area contributed by atoms with Crippen LogP contribution in [0, 0.1) is 5.41 Å². The van der Waals surface area contributed by atoms with Crippen LogP contribution in [0.1, 0.15) is 11.7 Å². The minimum atomic E-state index is -3.75. The van der Waals surface area contributed by atoms with E-state index in [1.165, 1.54) is 0 Å². The van der Waals surface area contributed by atoms with Gasteiger partial charge in [0.25, 0.3) is 10.1 Å². The van der Waals surface area contributed by atoms with E-state index in [-0.39, 0.29) is 12.5 Å². The number of halogens is 1. The SMILES string of the molecule is COC(=O)NC(=N)NCC(OS(C)(=O)=O)c1ccccc1Cl. The monoisotopic (exact) mass is 349 g/mol. The lowest BCUT2D eigenvalue weighted by Gasteiger charge is -2.19. The Morgan fingerprint density at radius 2 is 2.05 bits per heavy atom. The molecule has 0 aromatic heterocycles. The van der Waals surface area contributed by atoms with E-state index in [1.54, 1.807) is 24.3 Å². The fourth-order valence-electron chi connectivity index (χ4n) is 1.54. The second kappa shape index (κ2) is 7.97. The predicted molar refractivity (Wildman–Crippen MR) is 81.4 cm³/mol. The van der Waals surface area contributed by atoms with Gasteiger partial charge in [0.15, 0.2) is 5.96 Å². The minimum absolute atomic E-state index is 0.0976. The summed E-state index contributed by atoms with van der Waals surface area (Å²) < 4.78 is 32.0. The van der Waals surface area contributed by atoms with Gasteiger partial charge in [0.05, 0.1) is 13.4 Å². The second-order valence-corrected chi connectivity index (χ2v) is 6.19. The molecule has 1 rings (SSSR count). The fourth-order valence-corrected chi connectivity index (χ4v) is 2.39. The third kappa shape index (κ3) is 6.29. The van der Waals surface area contributed by atoms with Gasteiger partial charge in [0.2, 0.25) is 0 Å². The molecule has 122 valence electrons. The predicted octanol–water partition coefficient (Wildman–Crippen LogP) is 1.24. The summed E-state index contributed by atoms with van der Waals surface area (Å²) in [7, 11) is -2.59. The van der Waals surface area contributed by atoms with Gasteiger partial charge in [-0.2, -0.15) is 8.42 Å². The summed E-state index contributed by atoms with van der Waals surface area (Å²) in [4.78, 5) is 11.0. The largest absolute Gasteiger partial charge is 0.453 e. The molecule has 1 unspecified atom stereocenters. The van der Waals surface area contributed by atoms with Crippen molar-refractivity contribution in [1.29, 1.82) is 5.41 Å². The maximum Gasteiger partial charge on any atom is 0.413 e. The van der Waals surface area contributed by atoms with Crippen LogP contribution in [-0.2, 0) is 19.0 Å². The van der Waals surface area contributed by atoms with Crippen molar-refractivity contribution in [2.45, 2.75) is 6.10 Å². The fraction of sp³-hybridized carbons (Fsp3) is 0.333. The van der Waals surface area contributed by atoms with Gasteiger partial charge < -0.3 is 10.1 Å². The lowest BCUT2D eigenvalue weighted by Crippen LogP contribution is -2.42. The summed E-state index contributed by atoms with van der Waals surface area (Å²) in [6.45, 7) is -0.0976. The normalized spacial score (nSPS) is 12.3. The molecule has 0 saturated heterocycles. The molecular weight excluding hydrogens is 334 g/mol. The van der Waals surface area contributed by atoms with Crippen LogP contribution in [0.5, 0.6) is 0 Å². The van der Waals surface area contributed by atoms with E-state index in [4.69, 9.17) is 21.2 Å². The Morgan fingerprint density at radius 3 is 2.59 bits per heavy atom. The Kier molecular flexibility index (Phi) is 6.60. The van der Waals surface area contributed by atoms with Gasteiger partial charge in [-0.1, -0.05) is 29.8 Å². The van der Waals surface area contributed by atoms with Gasteiger partial charge in [-0.05, 0) is 6.07 Å². The summed E-state index contributed by atoms with van der Waals surface area (Å²) in [5.74, 6) is -0.360. The van der Waals surface area contributed by atoms with Crippen molar-refractivity contribution in [2.75, 3.05) is 19.9 Å². The van der Waals surface area contributed by atoms with Crippen LogP contribution in [0.15, 0.2) is 24.3 Å². The van der Waals surface area contributed by atoms with Crippen LogP contribution in [0.2, 0.25) is 5.02 Å². The van der Waals surface area contributed by atoms with E-state index in [0.717, 1.165) is 13.4 Å². The minimum Gasteiger partial charge on any atom is -0.453 e. The molecule has 1 aromatic carbocycles. The van der Waals surface area contributed by atoms with Crippen LogP contribution >= 0.6 is 11.6 Å². The van der Waals surface area contributed by atoms with Crippen LogP contribution < -0.4 is 10.6 Å². The van der Waals surface area contributed by atoms with E-state index in [0.29, 0.717) is 10.6 Å². The summed E-state index contributed by atoms with van der Waals surface area (Å²) >= 11 is 6.02. The van der Waals surface area contributed by atoms with Gasteiger partial charge in [0.1, 0.15) is 6.10 Å². The molecule has 1 aromatic rings. The first-order chi connectivity index (χ1) is 10.2. The van der Waals surface area contributed by atoms with Gasteiger partial charge in [-0.25, -0.2) is 4.79 Å². The molecule has 0 aliphatic heterocycles. The second-order valence-electron chi connectivity index (χ2n) is 4.18. The van der Waals surface area contributed by atoms with Crippen molar-refractivity contribution in [1.82, 2.24) is 10.6 Å². The van der Waals surface area contributed by atoms with E-state index in [2.05, 4.69) is 15.4 Å². The van der Waals surface area contributed by atoms with Crippen LogP contribution in [0.3, 0.4) is 0 Å².